The predicted molar refractivity (Wildman–Crippen MR) is 120 cm³/mol. The molecule has 0 unspecified atom stereocenters. The van der Waals surface area contributed by atoms with Gasteiger partial charge in [-0.2, -0.15) is 0 Å². The van der Waals surface area contributed by atoms with Gasteiger partial charge in [0.15, 0.2) is 5.82 Å². The second-order valence-electron chi connectivity index (χ2n) is 8.18. The second kappa shape index (κ2) is 9.02. The summed E-state index contributed by atoms with van der Waals surface area (Å²) in [5, 5.41) is 13.8. The number of nitrogens with zero attached hydrogens (tertiary/aromatic N) is 2. The van der Waals surface area contributed by atoms with E-state index in [2.05, 4.69) is 26.2 Å². The number of carbonyl (C=O) groups excluding carboxylic acids is 1. The van der Waals surface area contributed by atoms with E-state index in [-0.39, 0.29) is 38.9 Å². The molecule has 10 heteroatoms. The molecular formula is C20H23BrCl2FN3O3. The Morgan fingerprint density at radius 3 is 2.60 bits per heavy atom. The number of anilines is 1. The molecule has 1 aromatic carbocycles. The lowest BCUT2D eigenvalue weighted by atomic mass is 10.0. The Kier molecular flexibility index (Phi) is 7.01. The molecule has 1 amide bonds. The smallest absolute Gasteiger partial charge is 0.410 e. The lowest BCUT2D eigenvalue weighted by Crippen LogP contribution is -2.44. The van der Waals surface area contributed by atoms with Gasteiger partial charge in [0.2, 0.25) is 0 Å². The highest BCUT2D eigenvalue weighted by Gasteiger charge is 2.28. The Labute approximate surface area is 192 Å². The fourth-order valence-corrected chi connectivity index (χ4v) is 4.10. The minimum Gasteiger partial charge on any atom is -0.444 e. The Morgan fingerprint density at radius 2 is 2.03 bits per heavy atom. The standard InChI is InChI=1S/C20H23BrCl2FN3O3/c1-20(2,3)30-19(29)27-6-4-10(5-7-27)25-16-11-8-13(22)14(21)15(24)17(11)26-18(23)12(16)9-28/h8,10,28H,4-7,9H2,1-3H3,(H,25,26). The first-order valence-electron chi connectivity index (χ1n) is 9.52. The molecule has 6 nitrogen and oxygen atoms in total. The molecule has 0 spiro atoms. The molecule has 1 saturated heterocycles. The molecule has 1 aromatic heterocycles. The van der Waals surface area contributed by atoms with Crippen molar-refractivity contribution < 1.29 is 19.0 Å². The number of hydrogen-bond acceptors (Lipinski definition) is 5. The highest BCUT2D eigenvalue weighted by molar-refractivity contribution is 9.10. The Balaban J connectivity index is 1.85. The molecule has 0 radical (unpaired) electrons. The average molecular weight is 523 g/mol. The summed E-state index contributed by atoms with van der Waals surface area (Å²) in [4.78, 5) is 18.0. The van der Waals surface area contributed by atoms with Crippen molar-refractivity contribution in [2.24, 2.45) is 0 Å². The first-order valence-corrected chi connectivity index (χ1v) is 11.1. The van der Waals surface area contributed by atoms with E-state index in [4.69, 9.17) is 27.9 Å². The first-order chi connectivity index (χ1) is 14.0. The van der Waals surface area contributed by atoms with Crippen molar-refractivity contribution in [1.29, 1.82) is 0 Å². The lowest BCUT2D eigenvalue weighted by molar-refractivity contribution is 0.0210. The van der Waals surface area contributed by atoms with Crippen LogP contribution in [0.4, 0.5) is 14.9 Å². The quantitative estimate of drug-likeness (QED) is 0.396. The van der Waals surface area contributed by atoms with Gasteiger partial charge in [-0.25, -0.2) is 14.2 Å². The zero-order chi connectivity index (χ0) is 22.2. The molecule has 1 aliphatic heterocycles. The van der Waals surface area contributed by atoms with E-state index < -0.39 is 11.4 Å². The molecule has 30 heavy (non-hydrogen) atoms. The summed E-state index contributed by atoms with van der Waals surface area (Å²) in [7, 11) is 0. The fraction of sp³-hybridized carbons (Fsp3) is 0.500. The van der Waals surface area contributed by atoms with Crippen LogP contribution in [0.15, 0.2) is 10.5 Å². The fourth-order valence-electron chi connectivity index (χ4n) is 3.36. The maximum absolute atomic E-state index is 14.7. The van der Waals surface area contributed by atoms with Gasteiger partial charge < -0.3 is 20.1 Å². The van der Waals surface area contributed by atoms with Crippen molar-refractivity contribution in [3.63, 3.8) is 0 Å². The number of nitrogens with one attached hydrogen (secondary N) is 1. The Morgan fingerprint density at radius 1 is 1.40 bits per heavy atom. The van der Waals surface area contributed by atoms with E-state index in [1.165, 1.54) is 0 Å². The van der Waals surface area contributed by atoms with Gasteiger partial charge in [0.05, 0.1) is 21.8 Å². The van der Waals surface area contributed by atoms with Crippen LogP contribution < -0.4 is 5.32 Å². The number of piperidine rings is 1. The number of aromatic nitrogens is 1. The van der Waals surface area contributed by atoms with Crippen LogP contribution in [0.3, 0.4) is 0 Å². The van der Waals surface area contributed by atoms with Gasteiger partial charge in [0, 0.05) is 30.1 Å². The molecule has 0 aliphatic carbocycles. The molecule has 1 aliphatic rings. The van der Waals surface area contributed by atoms with E-state index in [0.29, 0.717) is 42.6 Å². The summed E-state index contributed by atoms with van der Waals surface area (Å²) in [6, 6.07) is 1.58. The van der Waals surface area contributed by atoms with Crippen LogP contribution in [0.1, 0.15) is 39.2 Å². The normalized spacial score (nSPS) is 15.5. The molecule has 0 saturated carbocycles. The molecule has 164 valence electrons. The van der Waals surface area contributed by atoms with Crippen molar-refractivity contribution in [3.05, 3.63) is 32.1 Å². The summed E-state index contributed by atoms with van der Waals surface area (Å²) in [5.74, 6) is -0.619. The number of ether oxygens (including phenoxy) is 1. The Bertz CT molecular complexity index is 976. The summed E-state index contributed by atoms with van der Waals surface area (Å²) >= 11 is 15.5. The van der Waals surface area contributed by atoms with Gasteiger partial charge >= 0.3 is 6.09 Å². The van der Waals surface area contributed by atoms with Crippen molar-refractivity contribution >= 4 is 61.8 Å². The highest BCUT2D eigenvalue weighted by atomic mass is 79.9. The molecule has 2 aromatic rings. The minimum atomic E-state index is -0.619. The van der Waals surface area contributed by atoms with Gasteiger partial charge in [0.25, 0.3) is 0 Å². The molecular weight excluding hydrogens is 500 g/mol. The minimum absolute atomic E-state index is 0.0128. The second-order valence-corrected chi connectivity index (χ2v) is 9.74. The number of likely N-dealkylation sites (tertiary alicyclic amines) is 1. The van der Waals surface area contributed by atoms with Crippen LogP contribution in [0.2, 0.25) is 10.2 Å². The number of aliphatic hydroxyl groups excluding tert-OH is 1. The van der Waals surface area contributed by atoms with Gasteiger partial charge in [-0.15, -0.1) is 0 Å². The van der Waals surface area contributed by atoms with Crippen molar-refractivity contribution in [2.45, 2.75) is 51.9 Å². The van der Waals surface area contributed by atoms with Crippen LogP contribution in [-0.2, 0) is 11.3 Å². The summed E-state index contributed by atoms with van der Waals surface area (Å²) < 4.78 is 20.2. The maximum atomic E-state index is 14.7. The van der Waals surface area contributed by atoms with Crippen molar-refractivity contribution in [2.75, 3.05) is 18.4 Å². The number of carbonyl (C=O) groups is 1. The topological polar surface area (TPSA) is 74.7 Å². The number of fused-ring (bicyclic) bond motifs is 1. The zero-order valence-electron chi connectivity index (χ0n) is 16.9. The number of halogens is 4. The van der Waals surface area contributed by atoms with Gasteiger partial charge in [-0.05, 0) is 55.6 Å². The third-order valence-electron chi connectivity index (χ3n) is 4.82. The average Bonchev–Trinajstić information content (AvgIpc) is 2.66. The maximum Gasteiger partial charge on any atom is 0.410 e. The molecule has 0 bridgehead atoms. The monoisotopic (exact) mass is 521 g/mol. The van der Waals surface area contributed by atoms with E-state index in [1.54, 1.807) is 11.0 Å². The molecule has 2 heterocycles. The number of amides is 1. The number of aliphatic hydroxyl groups is 1. The number of hydrogen-bond donors (Lipinski definition) is 2. The molecule has 3 rings (SSSR count). The van der Waals surface area contributed by atoms with E-state index in [0.717, 1.165) is 0 Å². The lowest BCUT2D eigenvalue weighted by Gasteiger charge is -2.34. The summed E-state index contributed by atoms with van der Waals surface area (Å²) in [6.45, 7) is 6.15. The largest absolute Gasteiger partial charge is 0.444 e. The number of pyridine rings is 1. The van der Waals surface area contributed by atoms with Crippen LogP contribution in [0.5, 0.6) is 0 Å². The van der Waals surface area contributed by atoms with E-state index in [1.807, 2.05) is 20.8 Å². The summed E-state index contributed by atoms with van der Waals surface area (Å²) in [5.41, 5.74) is 0.377. The van der Waals surface area contributed by atoms with Gasteiger partial charge in [-0.1, -0.05) is 23.2 Å². The van der Waals surface area contributed by atoms with E-state index >= 15 is 0 Å². The Hall–Kier alpha value is -1.35. The number of rotatable bonds is 3. The first kappa shape index (κ1) is 23.3. The van der Waals surface area contributed by atoms with Crippen LogP contribution in [0, 0.1) is 5.82 Å². The molecule has 2 N–H and O–H groups in total. The van der Waals surface area contributed by atoms with Crippen LogP contribution >= 0.6 is 39.1 Å². The van der Waals surface area contributed by atoms with Gasteiger partial charge in [-0.3, -0.25) is 0 Å². The highest BCUT2D eigenvalue weighted by Crippen LogP contribution is 2.39. The predicted octanol–water partition coefficient (Wildman–Crippen LogP) is 5.75. The van der Waals surface area contributed by atoms with Crippen molar-refractivity contribution in [1.82, 2.24) is 9.88 Å². The molecule has 0 atom stereocenters. The van der Waals surface area contributed by atoms with Crippen LogP contribution in [-0.4, -0.2) is 45.8 Å². The van der Waals surface area contributed by atoms with Crippen LogP contribution in [0.25, 0.3) is 10.9 Å². The SMILES string of the molecule is CC(C)(C)OC(=O)N1CCC(Nc2c(CO)c(Cl)nc3c(F)c(Br)c(Cl)cc23)CC1. The van der Waals surface area contributed by atoms with E-state index in [9.17, 15) is 14.3 Å². The molecule has 1 fully saturated rings. The van der Waals surface area contributed by atoms with Crippen molar-refractivity contribution in [3.8, 4) is 0 Å². The zero-order valence-corrected chi connectivity index (χ0v) is 20.0. The van der Waals surface area contributed by atoms with Gasteiger partial charge in [0.1, 0.15) is 16.3 Å². The third-order valence-corrected chi connectivity index (χ3v) is 6.43. The third kappa shape index (κ3) is 4.93. The summed E-state index contributed by atoms with van der Waals surface area (Å²) in [6.07, 6.45) is 0.962. The number of benzene rings is 1.